The molecule has 0 bridgehead atoms. The maximum absolute atomic E-state index is 12.9. The molecule has 1 unspecified atom stereocenters. The first-order valence-electron chi connectivity index (χ1n) is 10.2. The largest absolute Gasteiger partial charge is 0.497 e. The summed E-state index contributed by atoms with van der Waals surface area (Å²) >= 11 is 0. The van der Waals surface area contributed by atoms with E-state index in [0.717, 1.165) is 22.6 Å². The molecular weight excluding hydrogens is 394 g/mol. The molecule has 0 aliphatic heterocycles. The molecule has 1 N–H and O–H groups in total. The number of benzene rings is 2. The smallest absolute Gasteiger partial charge is 0.308 e. The molecule has 1 aromatic heterocycles. The third-order valence-electron chi connectivity index (χ3n) is 4.86. The summed E-state index contributed by atoms with van der Waals surface area (Å²) in [7, 11) is 1.57. The van der Waals surface area contributed by atoms with Crippen LogP contribution in [0.3, 0.4) is 0 Å². The highest BCUT2D eigenvalue weighted by Crippen LogP contribution is 2.23. The second-order valence-electron chi connectivity index (χ2n) is 7.20. The van der Waals surface area contributed by atoms with Gasteiger partial charge in [0.05, 0.1) is 37.6 Å². The summed E-state index contributed by atoms with van der Waals surface area (Å²) in [6, 6.07) is 15.9. The van der Waals surface area contributed by atoms with Crippen molar-refractivity contribution >= 4 is 11.9 Å². The maximum Gasteiger partial charge on any atom is 0.308 e. The third-order valence-corrected chi connectivity index (χ3v) is 4.86. The van der Waals surface area contributed by atoms with Gasteiger partial charge in [0.1, 0.15) is 5.75 Å². The summed E-state index contributed by atoms with van der Waals surface area (Å²) in [6.45, 7) is 5.95. The van der Waals surface area contributed by atoms with Gasteiger partial charge in [-0.15, -0.1) is 0 Å². The number of carbonyl (C=O) groups excluding carboxylic acids is 2. The number of ether oxygens (including phenoxy) is 2. The number of nitrogens with zero attached hydrogens (tertiary/aromatic N) is 2. The molecule has 7 heteroatoms. The topological polar surface area (TPSA) is 82.5 Å². The van der Waals surface area contributed by atoms with E-state index in [2.05, 4.69) is 10.4 Å². The summed E-state index contributed by atoms with van der Waals surface area (Å²) < 4.78 is 12.2. The van der Waals surface area contributed by atoms with Gasteiger partial charge >= 0.3 is 5.97 Å². The SMILES string of the molecule is CCOC(=O)CC(NC(=O)c1ccc(-n2nc(C)cc2C)cc1)c1cccc(OC)c1. The summed E-state index contributed by atoms with van der Waals surface area (Å²) in [6.07, 6.45) is 0.0244. The molecule has 0 saturated heterocycles. The number of amides is 1. The van der Waals surface area contributed by atoms with Crippen LogP contribution in [0.4, 0.5) is 0 Å². The van der Waals surface area contributed by atoms with Gasteiger partial charge in [0.15, 0.2) is 0 Å². The molecule has 1 atom stereocenters. The minimum Gasteiger partial charge on any atom is -0.497 e. The fourth-order valence-corrected chi connectivity index (χ4v) is 3.38. The molecule has 0 saturated carbocycles. The molecule has 7 nitrogen and oxygen atoms in total. The van der Waals surface area contributed by atoms with Crippen LogP contribution < -0.4 is 10.1 Å². The van der Waals surface area contributed by atoms with E-state index in [1.54, 1.807) is 32.2 Å². The molecule has 1 amide bonds. The number of rotatable bonds is 8. The first-order valence-corrected chi connectivity index (χ1v) is 10.2. The number of carbonyl (C=O) groups is 2. The highest BCUT2D eigenvalue weighted by atomic mass is 16.5. The van der Waals surface area contributed by atoms with Crippen LogP contribution in [0, 0.1) is 13.8 Å². The van der Waals surface area contributed by atoms with Crippen LogP contribution in [-0.2, 0) is 9.53 Å². The van der Waals surface area contributed by atoms with Gasteiger partial charge in [0.2, 0.25) is 0 Å². The first kappa shape index (κ1) is 22.1. The Morgan fingerprint density at radius 1 is 1.10 bits per heavy atom. The number of hydrogen-bond donors (Lipinski definition) is 1. The zero-order valence-corrected chi connectivity index (χ0v) is 18.2. The van der Waals surface area contributed by atoms with Gasteiger partial charge in [-0.2, -0.15) is 5.10 Å². The van der Waals surface area contributed by atoms with Crippen LogP contribution in [0.1, 0.15) is 46.7 Å². The third kappa shape index (κ3) is 5.51. The maximum atomic E-state index is 12.9. The molecular formula is C24H27N3O4. The van der Waals surface area contributed by atoms with Gasteiger partial charge < -0.3 is 14.8 Å². The predicted octanol–water partition coefficient (Wildman–Crippen LogP) is 3.92. The summed E-state index contributed by atoms with van der Waals surface area (Å²) in [5.74, 6) is -0.0117. The zero-order valence-electron chi connectivity index (χ0n) is 18.2. The average molecular weight is 421 g/mol. The van der Waals surface area contributed by atoms with Gasteiger partial charge in [-0.25, -0.2) is 4.68 Å². The number of aryl methyl sites for hydroxylation is 2. The van der Waals surface area contributed by atoms with Gasteiger partial charge in [-0.05, 0) is 68.8 Å². The molecule has 3 aromatic rings. The number of aromatic nitrogens is 2. The van der Waals surface area contributed by atoms with Crippen molar-refractivity contribution in [3.05, 3.63) is 77.1 Å². The van der Waals surface area contributed by atoms with E-state index < -0.39 is 6.04 Å². The Kier molecular flexibility index (Phi) is 7.07. The minimum absolute atomic E-state index is 0.0244. The average Bonchev–Trinajstić information content (AvgIpc) is 3.11. The van der Waals surface area contributed by atoms with Gasteiger partial charge in [-0.1, -0.05) is 12.1 Å². The number of nitrogens with one attached hydrogen (secondary N) is 1. The summed E-state index contributed by atoms with van der Waals surface area (Å²) in [5.41, 5.74) is 4.07. The molecule has 31 heavy (non-hydrogen) atoms. The number of methoxy groups -OCH3 is 1. The summed E-state index contributed by atoms with van der Waals surface area (Å²) in [4.78, 5) is 25.0. The molecule has 0 fully saturated rings. The van der Waals surface area contributed by atoms with Crippen LogP contribution in [0.5, 0.6) is 5.75 Å². The molecule has 0 spiro atoms. The van der Waals surface area contributed by atoms with Crippen molar-refractivity contribution in [2.24, 2.45) is 0 Å². The summed E-state index contributed by atoms with van der Waals surface area (Å²) in [5, 5.41) is 7.41. The van der Waals surface area contributed by atoms with E-state index in [1.807, 2.05) is 54.9 Å². The van der Waals surface area contributed by atoms with Crippen molar-refractivity contribution in [1.29, 1.82) is 0 Å². The molecule has 0 aliphatic rings. The van der Waals surface area contributed by atoms with E-state index in [4.69, 9.17) is 9.47 Å². The van der Waals surface area contributed by atoms with Crippen LogP contribution in [0.15, 0.2) is 54.6 Å². The zero-order chi connectivity index (χ0) is 22.4. The lowest BCUT2D eigenvalue weighted by Gasteiger charge is -2.19. The number of esters is 1. The van der Waals surface area contributed by atoms with Crippen LogP contribution >= 0.6 is 0 Å². The van der Waals surface area contributed by atoms with Crippen molar-refractivity contribution in [3.8, 4) is 11.4 Å². The lowest BCUT2D eigenvalue weighted by atomic mass is 10.0. The molecule has 162 valence electrons. The van der Waals surface area contributed by atoms with Crippen LogP contribution in [-0.4, -0.2) is 35.4 Å². The lowest BCUT2D eigenvalue weighted by Crippen LogP contribution is -2.30. The van der Waals surface area contributed by atoms with Crippen molar-refractivity contribution in [2.75, 3.05) is 13.7 Å². The standard InChI is InChI=1S/C24H27N3O4/c1-5-31-23(28)15-22(19-7-6-8-21(14-19)30-4)25-24(29)18-9-11-20(12-10-18)27-17(3)13-16(2)26-27/h6-14,22H,5,15H2,1-4H3,(H,25,29). The fourth-order valence-electron chi connectivity index (χ4n) is 3.38. The first-order chi connectivity index (χ1) is 14.9. The van der Waals surface area contributed by atoms with Crippen molar-refractivity contribution < 1.29 is 19.1 Å². The van der Waals surface area contributed by atoms with Crippen LogP contribution in [0.25, 0.3) is 5.69 Å². The Hall–Kier alpha value is -3.61. The van der Waals surface area contributed by atoms with Crippen molar-refractivity contribution in [1.82, 2.24) is 15.1 Å². The quantitative estimate of drug-likeness (QED) is 0.558. The number of hydrogen-bond acceptors (Lipinski definition) is 5. The monoisotopic (exact) mass is 421 g/mol. The van der Waals surface area contributed by atoms with Crippen molar-refractivity contribution in [2.45, 2.75) is 33.2 Å². The highest BCUT2D eigenvalue weighted by molar-refractivity contribution is 5.95. The molecule has 3 rings (SSSR count). The van der Waals surface area contributed by atoms with E-state index >= 15 is 0 Å². The molecule has 1 heterocycles. The lowest BCUT2D eigenvalue weighted by molar-refractivity contribution is -0.143. The second kappa shape index (κ2) is 9.93. The normalized spacial score (nSPS) is 11.6. The van der Waals surface area contributed by atoms with E-state index in [9.17, 15) is 9.59 Å². The van der Waals surface area contributed by atoms with E-state index in [0.29, 0.717) is 11.3 Å². The second-order valence-corrected chi connectivity index (χ2v) is 7.20. The van der Waals surface area contributed by atoms with Gasteiger partial charge in [-0.3, -0.25) is 9.59 Å². The van der Waals surface area contributed by atoms with E-state index in [1.165, 1.54) is 0 Å². The van der Waals surface area contributed by atoms with Crippen LogP contribution in [0.2, 0.25) is 0 Å². The Balaban J connectivity index is 1.80. The highest BCUT2D eigenvalue weighted by Gasteiger charge is 2.21. The van der Waals surface area contributed by atoms with Crippen molar-refractivity contribution in [3.63, 3.8) is 0 Å². The molecule has 0 radical (unpaired) electrons. The fraction of sp³-hybridized carbons (Fsp3) is 0.292. The Morgan fingerprint density at radius 2 is 1.84 bits per heavy atom. The predicted molar refractivity (Wildman–Crippen MR) is 117 cm³/mol. The molecule has 0 aliphatic carbocycles. The Labute approximate surface area is 182 Å². The minimum atomic E-state index is -0.544. The molecule has 2 aromatic carbocycles. The van der Waals surface area contributed by atoms with E-state index in [-0.39, 0.29) is 24.9 Å². The Bertz CT molecular complexity index is 1060. The Morgan fingerprint density at radius 3 is 2.45 bits per heavy atom. The van der Waals surface area contributed by atoms with Gasteiger partial charge in [0.25, 0.3) is 5.91 Å². The van der Waals surface area contributed by atoms with Gasteiger partial charge in [0, 0.05) is 11.3 Å².